The number of hydrogen-bond acceptors (Lipinski definition) is 4. The van der Waals surface area contributed by atoms with Crippen molar-refractivity contribution in [2.24, 2.45) is 0 Å². The number of anilines is 1. The lowest BCUT2D eigenvalue weighted by molar-refractivity contribution is 0.0696. The molecule has 0 saturated heterocycles. The van der Waals surface area contributed by atoms with Crippen molar-refractivity contribution in [1.82, 2.24) is 0 Å². The summed E-state index contributed by atoms with van der Waals surface area (Å²) in [6.45, 7) is 1.36. The van der Waals surface area contributed by atoms with Gasteiger partial charge in [0.2, 0.25) is 0 Å². The molecule has 6 nitrogen and oxygen atoms in total. The van der Waals surface area contributed by atoms with Gasteiger partial charge in [-0.3, -0.25) is 9.52 Å². The maximum atomic E-state index is 12.9. The Balaban J connectivity index is 2.10. The number of rotatable bonds is 5. The van der Waals surface area contributed by atoms with Crippen LogP contribution in [-0.2, 0) is 22.9 Å². The number of carboxylic acid groups (broad SMARTS) is 1. The maximum Gasteiger partial charge on any atom is 0.335 e. The number of carboxylic acids is 1. The molecule has 0 aliphatic heterocycles. The van der Waals surface area contributed by atoms with Gasteiger partial charge < -0.3 is 5.11 Å². The molecule has 0 fully saturated rings. The predicted molar refractivity (Wildman–Crippen MR) is 92.7 cm³/mol. The maximum absolute atomic E-state index is 12.9. The van der Waals surface area contributed by atoms with E-state index in [1.165, 1.54) is 31.2 Å². The minimum absolute atomic E-state index is 0.0294. The van der Waals surface area contributed by atoms with Gasteiger partial charge in [-0.1, -0.05) is 12.1 Å². The highest BCUT2D eigenvalue weighted by atomic mass is 32.2. The molecule has 1 aliphatic carbocycles. The van der Waals surface area contributed by atoms with E-state index in [4.69, 9.17) is 0 Å². The fraction of sp³-hybridized carbons (Fsp3) is 0.222. The Bertz CT molecular complexity index is 979. The number of para-hydroxylation sites is 1. The van der Waals surface area contributed by atoms with E-state index in [2.05, 4.69) is 4.72 Å². The van der Waals surface area contributed by atoms with E-state index in [0.717, 1.165) is 12.0 Å². The normalized spacial score (nSPS) is 13.3. The molecule has 0 spiro atoms. The lowest BCUT2D eigenvalue weighted by atomic mass is 10.1. The van der Waals surface area contributed by atoms with Crippen molar-refractivity contribution in [3.8, 4) is 0 Å². The van der Waals surface area contributed by atoms with Gasteiger partial charge in [0, 0.05) is 5.56 Å². The number of benzene rings is 2. The highest BCUT2D eigenvalue weighted by Crippen LogP contribution is 2.31. The van der Waals surface area contributed by atoms with Gasteiger partial charge in [0.1, 0.15) is 0 Å². The Morgan fingerprint density at radius 2 is 1.84 bits per heavy atom. The standard InChI is InChI=1S/C18H17NO5S/c1-11(20)14-6-2-3-8-16(14)19-25(23,24)17-10-13(18(21)22)9-12-5-4-7-15(12)17/h2-3,6,8-10,19H,4-5,7H2,1H3,(H,21,22). The summed E-state index contributed by atoms with van der Waals surface area (Å²) in [5.41, 5.74) is 1.79. The average Bonchev–Trinajstić information content (AvgIpc) is 3.02. The van der Waals surface area contributed by atoms with Crippen molar-refractivity contribution in [3.63, 3.8) is 0 Å². The third-order valence-corrected chi connectivity index (χ3v) is 5.69. The van der Waals surface area contributed by atoms with Crippen LogP contribution in [0.2, 0.25) is 0 Å². The lowest BCUT2D eigenvalue weighted by Crippen LogP contribution is -2.17. The van der Waals surface area contributed by atoms with Crippen LogP contribution in [0.3, 0.4) is 0 Å². The molecule has 0 unspecified atom stereocenters. The molecule has 0 saturated carbocycles. The van der Waals surface area contributed by atoms with Crippen molar-refractivity contribution in [2.75, 3.05) is 4.72 Å². The van der Waals surface area contributed by atoms with Crippen molar-refractivity contribution in [2.45, 2.75) is 31.1 Å². The molecule has 2 aromatic rings. The number of Topliss-reactive ketones (excluding diaryl/α,β-unsaturated/α-hetero) is 1. The van der Waals surface area contributed by atoms with Crippen LogP contribution >= 0.6 is 0 Å². The van der Waals surface area contributed by atoms with Crippen LogP contribution in [0.4, 0.5) is 5.69 Å². The summed E-state index contributed by atoms with van der Waals surface area (Å²) >= 11 is 0. The lowest BCUT2D eigenvalue weighted by Gasteiger charge is -2.14. The van der Waals surface area contributed by atoms with Crippen LogP contribution < -0.4 is 4.72 Å². The molecule has 0 heterocycles. The van der Waals surface area contributed by atoms with E-state index in [1.54, 1.807) is 12.1 Å². The number of aryl methyl sites for hydroxylation is 1. The third-order valence-electron chi connectivity index (χ3n) is 4.26. The minimum atomic E-state index is -4.02. The molecule has 0 atom stereocenters. The first-order chi connectivity index (χ1) is 11.8. The number of hydrogen-bond donors (Lipinski definition) is 2. The zero-order chi connectivity index (χ0) is 18.2. The zero-order valence-electron chi connectivity index (χ0n) is 13.6. The second-order valence-electron chi connectivity index (χ2n) is 5.98. The minimum Gasteiger partial charge on any atom is -0.478 e. The number of aromatic carboxylic acids is 1. The van der Waals surface area contributed by atoms with Crippen LogP contribution in [-0.4, -0.2) is 25.3 Å². The molecule has 0 aromatic heterocycles. The van der Waals surface area contributed by atoms with Gasteiger partial charge >= 0.3 is 5.97 Å². The topological polar surface area (TPSA) is 101 Å². The van der Waals surface area contributed by atoms with Crippen LogP contribution in [0.5, 0.6) is 0 Å². The molecule has 0 amide bonds. The molecule has 2 N–H and O–H groups in total. The number of ketones is 1. The van der Waals surface area contributed by atoms with Gasteiger partial charge in [-0.15, -0.1) is 0 Å². The fourth-order valence-corrected chi connectivity index (χ4v) is 4.52. The molecule has 0 radical (unpaired) electrons. The number of carbonyl (C=O) groups excluding carboxylic acids is 1. The van der Waals surface area contributed by atoms with Gasteiger partial charge in [0.05, 0.1) is 16.1 Å². The van der Waals surface area contributed by atoms with Crippen molar-refractivity contribution in [1.29, 1.82) is 0 Å². The summed E-state index contributed by atoms with van der Waals surface area (Å²) in [4.78, 5) is 23.0. The second-order valence-corrected chi connectivity index (χ2v) is 7.63. The first-order valence-electron chi connectivity index (χ1n) is 7.81. The fourth-order valence-electron chi connectivity index (χ4n) is 3.11. The Morgan fingerprint density at radius 3 is 2.52 bits per heavy atom. The smallest absolute Gasteiger partial charge is 0.335 e. The van der Waals surface area contributed by atoms with Gasteiger partial charge in [0.25, 0.3) is 10.0 Å². The summed E-state index contributed by atoms with van der Waals surface area (Å²) in [5, 5.41) is 9.25. The van der Waals surface area contributed by atoms with Crippen LogP contribution in [0.1, 0.15) is 45.2 Å². The van der Waals surface area contributed by atoms with E-state index in [0.29, 0.717) is 18.4 Å². The van der Waals surface area contributed by atoms with E-state index >= 15 is 0 Å². The van der Waals surface area contributed by atoms with E-state index in [1.807, 2.05) is 0 Å². The van der Waals surface area contributed by atoms with E-state index in [-0.39, 0.29) is 27.5 Å². The largest absolute Gasteiger partial charge is 0.478 e. The highest BCUT2D eigenvalue weighted by Gasteiger charge is 2.27. The first kappa shape index (κ1) is 17.2. The van der Waals surface area contributed by atoms with Crippen molar-refractivity contribution < 1.29 is 23.1 Å². The third kappa shape index (κ3) is 3.28. The molecular weight excluding hydrogens is 342 g/mol. The summed E-state index contributed by atoms with van der Waals surface area (Å²) in [5.74, 6) is -1.43. The second kappa shape index (κ2) is 6.33. The molecule has 3 rings (SSSR count). The summed E-state index contributed by atoms with van der Waals surface area (Å²) < 4.78 is 28.2. The Kier molecular flexibility index (Phi) is 4.34. The molecule has 25 heavy (non-hydrogen) atoms. The quantitative estimate of drug-likeness (QED) is 0.800. The Morgan fingerprint density at radius 1 is 1.12 bits per heavy atom. The van der Waals surface area contributed by atoms with Gasteiger partial charge in [-0.2, -0.15) is 0 Å². The van der Waals surface area contributed by atoms with Gasteiger partial charge in [0.15, 0.2) is 5.78 Å². The Labute approximate surface area is 145 Å². The highest BCUT2D eigenvalue weighted by molar-refractivity contribution is 7.92. The number of fused-ring (bicyclic) bond motifs is 1. The molecule has 1 aliphatic rings. The van der Waals surface area contributed by atoms with Crippen LogP contribution in [0, 0.1) is 0 Å². The van der Waals surface area contributed by atoms with E-state index < -0.39 is 16.0 Å². The summed E-state index contributed by atoms with van der Waals surface area (Å²) in [7, 11) is -4.02. The molecule has 130 valence electrons. The zero-order valence-corrected chi connectivity index (χ0v) is 14.4. The van der Waals surface area contributed by atoms with Crippen molar-refractivity contribution in [3.05, 3.63) is 58.7 Å². The van der Waals surface area contributed by atoms with Crippen molar-refractivity contribution >= 4 is 27.5 Å². The SMILES string of the molecule is CC(=O)c1ccccc1NS(=O)(=O)c1cc(C(=O)O)cc2c1CCC2. The first-order valence-corrected chi connectivity index (χ1v) is 9.30. The number of sulfonamides is 1. The predicted octanol–water partition coefficient (Wildman–Crippen LogP) is 2.88. The molecule has 0 bridgehead atoms. The van der Waals surface area contributed by atoms with Gasteiger partial charge in [-0.25, -0.2) is 13.2 Å². The van der Waals surface area contributed by atoms with Crippen LogP contribution in [0.25, 0.3) is 0 Å². The summed E-state index contributed by atoms with van der Waals surface area (Å²) in [6, 6.07) is 9.05. The summed E-state index contributed by atoms with van der Waals surface area (Å²) in [6.07, 6.45) is 2.02. The number of nitrogens with one attached hydrogen (secondary N) is 1. The molecule has 2 aromatic carbocycles. The monoisotopic (exact) mass is 359 g/mol. The van der Waals surface area contributed by atoms with Gasteiger partial charge in [-0.05, 0) is 61.6 Å². The average molecular weight is 359 g/mol. The number of carbonyl (C=O) groups is 2. The molecule has 7 heteroatoms. The van der Waals surface area contributed by atoms with E-state index in [9.17, 15) is 23.1 Å². The Hall–Kier alpha value is -2.67. The van der Waals surface area contributed by atoms with Crippen LogP contribution in [0.15, 0.2) is 41.3 Å². The molecular formula is C18H17NO5S.